The van der Waals surface area contributed by atoms with Crippen LogP contribution in [0, 0.1) is 0 Å². The highest BCUT2D eigenvalue weighted by Crippen LogP contribution is 2.09. The van der Waals surface area contributed by atoms with Crippen molar-refractivity contribution in [3.63, 3.8) is 0 Å². The van der Waals surface area contributed by atoms with Crippen molar-refractivity contribution in [3.05, 3.63) is 77.2 Å². The van der Waals surface area contributed by atoms with Gasteiger partial charge in [0.15, 0.2) is 5.49 Å². The summed E-state index contributed by atoms with van der Waals surface area (Å²) in [6.45, 7) is 1.70. The lowest BCUT2D eigenvalue weighted by Crippen LogP contribution is -2.33. The molecule has 0 bridgehead atoms. The second-order valence-electron chi connectivity index (χ2n) is 7.60. The Morgan fingerprint density at radius 2 is 2.19 bits per heavy atom. The van der Waals surface area contributed by atoms with E-state index in [1.165, 1.54) is 0 Å². The van der Waals surface area contributed by atoms with Gasteiger partial charge in [0.25, 0.3) is 5.91 Å². The van der Waals surface area contributed by atoms with Crippen LogP contribution < -0.4 is 16.2 Å². The Balaban J connectivity index is 1.29. The van der Waals surface area contributed by atoms with Gasteiger partial charge in [-0.1, -0.05) is 0 Å². The van der Waals surface area contributed by atoms with Crippen LogP contribution in [0.1, 0.15) is 27.6 Å². The average Bonchev–Trinajstić information content (AvgIpc) is 3.46. The van der Waals surface area contributed by atoms with Crippen LogP contribution in [0.25, 0.3) is 11.0 Å². The SMILES string of the molecule is Cn1cc(CN=c2cc(C(=O)NCCc3ccc4ncccc4n3)nc3n2NCC3)cn1. The van der Waals surface area contributed by atoms with Gasteiger partial charge in [0.05, 0.1) is 23.8 Å². The maximum atomic E-state index is 12.8. The first kappa shape index (κ1) is 19.9. The van der Waals surface area contributed by atoms with Gasteiger partial charge in [-0.05, 0) is 24.3 Å². The zero-order valence-electron chi connectivity index (χ0n) is 17.7. The fraction of sp³-hybridized carbons (Fsp3) is 0.273. The molecule has 10 nitrogen and oxygen atoms in total. The van der Waals surface area contributed by atoms with E-state index < -0.39 is 0 Å². The van der Waals surface area contributed by atoms with E-state index in [2.05, 4.69) is 35.8 Å². The number of hydrogen-bond acceptors (Lipinski definition) is 7. The van der Waals surface area contributed by atoms with Crippen molar-refractivity contribution in [2.45, 2.75) is 19.4 Å². The summed E-state index contributed by atoms with van der Waals surface area (Å²) in [7, 11) is 1.87. The van der Waals surface area contributed by atoms with Crippen LogP contribution in [0.15, 0.2) is 53.9 Å². The van der Waals surface area contributed by atoms with Crippen LogP contribution in [0.3, 0.4) is 0 Å². The highest BCUT2D eigenvalue weighted by atomic mass is 16.1. The molecule has 4 aromatic heterocycles. The summed E-state index contributed by atoms with van der Waals surface area (Å²) in [4.78, 5) is 30.9. The van der Waals surface area contributed by atoms with E-state index in [0.717, 1.165) is 41.1 Å². The first-order valence-corrected chi connectivity index (χ1v) is 10.5. The van der Waals surface area contributed by atoms with E-state index in [9.17, 15) is 4.79 Å². The van der Waals surface area contributed by atoms with Gasteiger partial charge in [0, 0.05) is 62.7 Å². The normalized spacial score (nSPS) is 13.2. The summed E-state index contributed by atoms with van der Waals surface area (Å²) in [6, 6.07) is 9.40. The molecule has 162 valence electrons. The molecule has 0 unspecified atom stereocenters. The van der Waals surface area contributed by atoms with Crippen LogP contribution >= 0.6 is 0 Å². The van der Waals surface area contributed by atoms with Crippen LogP contribution in [0.2, 0.25) is 0 Å². The van der Waals surface area contributed by atoms with Crippen molar-refractivity contribution in [3.8, 4) is 0 Å². The van der Waals surface area contributed by atoms with Crippen molar-refractivity contribution >= 4 is 16.9 Å². The zero-order valence-corrected chi connectivity index (χ0v) is 17.7. The molecule has 0 radical (unpaired) electrons. The van der Waals surface area contributed by atoms with E-state index in [1.807, 2.05) is 42.2 Å². The minimum Gasteiger partial charge on any atom is -0.350 e. The number of nitrogens with zero attached hydrogens (tertiary/aromatic N) is 7. The van der Waals surface area contributed by atoms with Crippen molar-refractivity contribution in [2.24, 2.45) is 12.0 Å². The molecular weight excluding hydrogens is 406 g/mol. The fourth-order valence-electron chi connectivity index (χ4n) is 3.65. The van der Waals surface area contributed by atoms with Gasteiger partial charge in [-0.15, -0.1) is 0 Å². The van der Waals surface area contributed by atoms with Crippen molar-refractivity contribution in [1.82, 2.24) is 34.7 Å². The van der Waals surface area contributed by atoms with Gasteiger partial charge in [0.2, 0.25) is 0 Å². The third-order valence-electron chi connectivity index (χ3n) is 5.22. The number of carbonyl (C=O) groups is 1. The smallest absolute Gasteiger partial charge is 0.270 e. The number of carbonyl (C=O) groups excluding carboxylic acids is 1. The van der Waals surface area contributed by atoms with Crippen molar-refractivity contribution in [1.29, 1.82) is 0 Å². The summed E-state index contributed by atoms with van der Waals surface area (Å²) < 4.78 is 3.59. The minimum absolute atomic E-state index is 0.222. The predicted molar refractivity (Wildman–Crippen MR) is 118 cm³/mol. The van der Waals surface area contributed by atoms with Crippen molar-refractivity contribution < 1.29 is 4.79 Å². The Morgan fingerprint density at radius 1 is 1.25 bits per heavy atom. The van der Waals surface area contributed by atoms with Crippen LogP contribution in [-0.4, -0.2) is 48.4 Å². The molecule has 32 heavy (non-hydrogen) atoms. The molecule has 5 heterocycles. The summed E-state index contributed by atoms with van der Waals surface area (Å²) in [5, 5.41) is 7.12. The van der Waals surface area contributed by atoms with Gasteiger partial charge in [-0.25, -0.2) is 9.66 Å². The second kappa shape index (κ2) is 8.58. The highest BCUT2D eigenvalue weighted by molar-refractivity contribution is 5.92. The summed E-state index contributed by atoms with van der Waals surface area (Å²) in [5.74, 6) is 0.576. The molecule has 2 N–H and O–H groups in total. The zero-order chi connectivity index (χ0) is 21.9. The molecule has 5 rings (SSSR count). The summed E-state index contributed by atoms with van der Waals surface area (Å²) >= 11 is 0. The van der Waals surface area contributed by atoms with Gasteiger partial charge < -0.3 is 10.7 Å². The van der Waals surface area contributed by atoms with Crippen LogP contribution in [-0.2, 0) is 26.4 Å². The molecule has 10 heteroatoms. The molecule has 0 aromatic carbocycles. The standard InChI is InChI=1S/C22H23N9O/c1-30-14-15(13-27-30)12-25-21-11-19(29-20-7-10-26-31(20)21)22(32)24-9-6-16-4-5-17-18(28-16)3-2-8-23-17/h2-5,8,11,13-14,26H,6-7,9-10,12H2,1H3,(H,24,32). The fourth-order valence-corrected chi connectivity index (χ4v) is 3.65. The molecule has 1 amide bonds. The number of rotatable bonds is 6. The second-order valence-corrected chi connectivity index (χ2v) is 7.60. The Morgan fingerprint density at radius 3 is 3.06 bits per heavy atom. The molecule has 0 atom stereocenters. The van der Waals surface area contributed by atoms with E-state index in [0.29, 0.717) is 30.7 Å². The number of aromatic nitrogens is 6. The number of aryl methyl sites for hydroxylation is 1. The van der Waals surface area contributed by atoms with E-state index in [4.69, 9.17) is 0 Å². The maximum absolute atomic E-state index is 12.8. The maximum Gasteiger partial charge on any atom is 0.270 e. The predicted octanol–water partition coefficient (Wildman–Crippen LogP) is 0.733. The van der Waals surface area contributed by atoms with Crippen molar-refractivity contribution in [2.75, 3.05) is 18.5 Å². The summed E-state index contributed by atoms with van der Waals surface area (Å²) in [5.41, 5.74) is 7.89. The highest BCUT2D eigenvalue weighted by Gasteiger charge is 2.16. The van der Waals surface area contributed by atoms with Crippen LogP contribution in [0.5, 0.6) is 0 Å². The number of nitrogens with one attached hydrogen (secondary N) is 2. The first-order chi connectivity index (χ1) is 15.7. The Kier molecular flexibility index (Phi) is 5.32. The lowest BCUT2D eigenvalue weighted by molar-refractivity contribution is 0.0948. The molecule has 0 aliphatic carbocycles. The quantitative estimate of drug-likeness (QED) is 0.467. The number of pyridine rings is 2. The van der Waals surface area contributed by atoms with E-state index in [-0.39, 0.29) is 5.91 Å². The summed E-state index contributed by atoms with van der Waals surface area (Å²) in [6.07, 6.45) is 6.82. The Hall–Kier alpha value is -4.08. The van der Waals surface area contributed by atoms with Gasteiger partial charge in [-0.3, -0.25) is 24.4 Å². The number of hydrogen-bond donors (Lipinski definition) is 2. The third kappa shape index (κ3) is 4.20. The minimum atomic E-state index is -0.222. The Bertz CT molecular complexity index is 1360. The number of amides is 1. The molecule has 0 fully saturated rings. The van der Waals surface area contributed by atoms with Gasteiger partial charge >= 0.3 is 0 Å². The lowest BCUT2D eigenvalue weighted by Gasteiger charge is -2.09. The topological polar surface area (TPSA) is 115 Å². The first-order valence-electron chi connectivity index (χ1n) is 10.5. The molecular formula is C22H23N9O. The number of fused-ring (bicyclic) bond motifs is 2. The van der Waals surface area contributed by atoms with Gasteiger partial charge in [0.1, 0.15) is 11.5 Å². The molecule has 0 spiro atoms. The Labute approximate surface area is 184 Å². The molecule has 0 saturated heterocycles. The molecule has 1 aliphatic heterocycles. The average molecular weight is 429 g/mol. The lowest BCUT2D eigenvalue weighted by atomic mass is 10.2. The van der Waals surface area contributed by atoms with E-state index in [1.54, 1.807) is 23.1 Å². The monoisotopic (exact) mass is 429 g/mol. The largest absolute Gasteiger partial charge is 0.350 e. The van der Waals surface area contributed by atoms with Gasteiger partial charge in [-0.2, -0.15) is 5.10 Å². The van der Waals surface area contributed by atoms with E-state index >= 15 is 0 Å². The van der Waals surface area contributed by atoms with Crippen LogP contribution in [0.4, 0.5) is 0 Å². The molecule has 4 aromatic rings. The third-order valence-corrected chi connectivity index (χ3v) is 5.22. The molecule has 1 aliphatic rings. The molecule has 0 saturated carbocycles.